The fourth-order valence-corrected chi connectivity index (χ4v) is 3.14. The highest BCUT2D eigenvalue weighted by atomic mass is 16.5. The number of nitrogens with two attached hydrogens (primary N) is 1. The molecule has 0 atom stereocenters. The zero-order chi connectivity index (χ0) is 14.1. The van der Waals surface area contributed by atoms with Crippen molar-refractivity contribution in [3.8, 4) is 5.75 Å². The molecule has 1 aromatic rings. The Labute approximate surface area is 117 Å². The Morgan fingerprint density at radius 1 is 1.21 bits per heavy atom. The van der Waals surface area contributed by atoms with Crippen molar-refractivity contribution in [2.24, 2.45) is 11.1 Å². The van der Waals surface area contributed by atoms with Crippen LogP contribution in [0.3, 0.4) is 0 Å². The Kier molecular flexibility index (Phi) is 3.91. The monoisotopic (exact) mass is 261 g/mol. The molecule has 1 fully saturated rings. The largest absolute Gasteiger partial charge is 0.496 e. The van der Waals surface area contributed by atoms with Crippen molar-refractivity contribution in [3.63, 3.8) is 0 Å². The van der Waals surface area contributed by atoms with Crippen LogP contribution in [0.4, 0.5) is 0 Å². The predicted molar refractivity (Wildman–Crippen MR) is 80.5 cm³/mol. The van der Waals surface area contributed by atoms with E-state index in [1.54, 1.807) is 7.11 Å². The van der Waals surface area contributed by atoms with Crippen LogP contribution in [-0.2, 0) is 12.0 Å². The van der Waals surface area contributed by atoms with E-state index >= 15 is 0 Å². The van der Waals surface area contributed by atoms with Gasteiger partial charge in [-0.1, -0.05) is 45.7 Å². The molecular formula is C17H27NO. The van der Waals surface area contributed by atoms with Gasteiger partial charge in [-0.05, 0) is 36.3 Å². The summed E-state index contributed by atoms with van der Waals surface area (Å²) < 4.78 is 5.53. The molecule has 2 heteroatoms. The van der Waals surface area contributed by atoms with Crippen LogP contribution in [0.5, 0.6) is 5.75 Å². The molecule has 0 unspecified atom stereocenters. The first-order valence-corrected chi connectivity index (χ1v) is 7.30. The van der Waals surface area contributed by atoms with Crippen LogP contribution in [-0.4, -0.2) is 7.11 Å². The maximum atomic E-state index is 6.61. The van der Waals surface area contributed by atoms with Crippen molar-refractivity contribution < 1.29 is 4.74 Å². The number of hydrogen-bond donors (Lipinski definition) is 1. The average Bonchev–Trinajstić information content (AvgIpc) is 2.75. The maximum absolute atomic E-state index is 6.61. The maximum Gasteiger partial charge on any atom is 0.123 e. The standard InChI is InChI=1S/C17H27NO/c1-16(2,3)12-13-7-8-15(19-4)14(11-13)17(18)9-5-6-10-17/h7-8,11H,5-6,9-10,12,18H2,1-4H3. The van der Waals surface area contributed by atoms with Gasteiger partial charge < -0.3 is 10.5 Å². The minimum absolute atomic E-state index is 0.181. The van der Waals surface area contributed by atoms with Crippen LogP contribution in [0.2, 0.25) is 0 Å². The van der Waals surface area contributed by atoms with E-state index in [-0.39, 0.29) is 5.54 Å². The molecule has 1 aliphatic rings. The van der Waals surface area contributed by atoms with E-state index in [0.717, 1.165) is 25.0 Å². The lowest BCUT2D eigenvalue weighted by atomic mass is 9.83. The fraction of sp³-hybridized carbons (Fsp3) is 0.647. The Balaban J connectivity index is 2.37. The van der Waals surface area contributed by atoms with E-state index in [4.69, 9.17) is 10.5 Å². The molecule has 0 aromatic heterocycles. The first-order valence-electron chi connectivity index (χ1n) is 7.30. The smallest absolute Gasteiger partial charge is 0.123 e. The molecule has 0 bridgehead atoms. The van der Waals surface area contributed by atoms with Gasteiger partial charge in [0.05, 0.1) is 7.11 Å². The average molecular weight is 261 g/mol. The van der Waals surface area contributed by atoms with Gasteiger partial charge in [-0.3, -0.25) is 0 Å². The molecule has 0 saturated heterocycles. The van der Waals surface area contributed by atoms with Crippen molar-refractivity contribution in [1.82, 2.24) is 0 Å². The summed E-state index contributed by atoms with van der Waals surface area (Å²) in [6.07, 6.45) is 5.66. The minimum Gasteiger partial charge on any atom is -0.496 e. The van der Waals surface area contributed by atoms with E-state index in [9.17, 15) is 0 Å². The van der Waals surface area contributed by atoms with Crippen LogP contribution in [0.25, 0.3) is 0 Å². The molecule has 2 N–H and O–H groups in total. The van der Waals surface area contributed by atoms with Crippen molar-refractivity contribution in [1.29, 1.82) is 0 Å². The molecule has 2 rings (SSSR count). The third-order valence-corrected chi connectivity index (χ3v) is 4.03. The van der Waals surface area contributed by atoms with E-state index in [1.165, 1.54) is 24.0 Å². The van der Waals surface area contributed by atoms with Gasteiger partial charge in [0.1, 0.15) is 5.75 Å². The van der Waals surface area contributed by atoms with Crippen molar-refractivity contribution in [3.05, 3.63) is 29.3 Å². The summed E-state index contributed by atoms with van der Waals surface area (Å²) in [6, 6.07) is 6.53. The fourth-order valence-electron chi connectivity index (χ4n) is 3.14. The van der Waals surface area contributed by atoms with Gasteiger partial charge in [-0.25, -0.2) is 0 Å². The Hall–Kier alpha value is -1.02. The molecule has 0 spiro atoms. The summed E-state index contributed by atoms with van der Waals surface area (Å²) in [7, 11) is 1.74. The first-order chi connectivity index (χ1) is 8.84. The summed E-state index contributed by atoms with van der Waals surface area (Å²) >= 11 is 0. The third-order valence-electron chi connectivity index (χ3n) is 4.03. The number of methoxy groups -OCH3 is 1. The summed E-state index contributed by atoms with van der Waals surface area (Å²) in [6.45, 7) is 6.81. The molecule has 0 amide bonds. The number of rotatable bonds is 3. The quantitative estimate of drug-likeness (QED) is 0.892. The molecule has 1 aliphatic carbocycles. The third kappa shape index (κ3) is 3.30. The lowest BCUT2D eigenvalue weighted by molar-refractivity contribution is 0.376. The SMILES string of the molecule is COc1ccc(CC(C)(C)C)cc1C1(N)CCCC1. The Bertz CT molecular complexity index is 439. The molecule has 2 nitrogen and oxygen atoms in total. The highest BCUT2D eigenvalue weighted by Crippen LogP contribution is 2.41. The summed E-state index contributed by atoms with van der Waals surface area (Å²) in [4.78, 5) is 0. The zero-order valence-corrected chi connectivity index (χ0v) is 12.8. The molecule has 19 heavy (non-hydrogen) atoms. The van der Waals surface area contributed by atoms with Crippen LogP contribution in [0.15, 0.2) is 18.2 Å². The van der Waals surface area contributed by atoms with E-state index in [1.807, 2.05) is 0 Å². The molecule has 0 heterocycles. The van der Waals surface area contributed by atoms with Crippen LogP contribution < -0.4 is 10.5 Å². The lowest BCUT2D eigenvalue weighted by Crippen LogP contribution is -2.33. The first kappa shape index (κ1) is 14.4. The van der Waals surface area contributed by atoms with Crippen molar-refractivity contribution >= 4 is 0 Å². The zero-order valence-electron chi connectivity index (χ0n) is 12.8. The lowest BCUT2D eigenvalue weighted by Gasteiger charge is -2.28. The van der Waals surface area contributed by atoms with Crippen LogP contribution in [0, 0.1) is 5.41 Å². The van der Waals surface area contributed by atoms with Crippen molar-refractivity contribution in [2.75, 3.05) is 7.11 Å². The van der Waals surface area contributed by atoms with Gasteiger partial charge in [0.25, 0.3) is 0 Å². The minimum atomic E-state index is -0.181. The number of hydrogen-bond acceptors (Lipinski definition) is 2. The molecule has 0 aliphatic heterocycles. The normalized spacial score (nSPS) is 18.6. The van der Waals surface area contributed by atoms with Gasteiger partial charge in [0, 0.05) is 11.1 Å². The highest BCUT2D eigenvalue weighted by Gasteiger charge is 2.34. The van der Waals surface area contributed by atoms with Crippen molar-refractivity contribution in [2.45, 2.75) is 58.4 Å². The van der Waals surface area contributed by atoms with Crippen LogP contribution in [0.1, 0.15) is 57.6 Å². The van der Waals surface area contributed by atoms with Gasteiger partial charge in [-0.15, -0.1) is 0 Å². The van der Waals surface area contributed by atoms with Gasteiger partial charge in [0.2, 0.25) is 0 Å². The van der Waals surface area contributed by atoms with Gasteiger partial charge in [0.15, 0.2) is 0 Å². The van der Waals surface area contributed by atoms with E-state index in [0.29, 0.717) is 5.41 Å². The highest BCUT2D eigenvalue weighted by molar-refractivity contribution is 5.43. The molecule has 1 saturated carbocycles. The molecular weight excluding hydrogens is 234 g/mol. The van der Waals surface area contributed by atoms with Gasteiger partial charge >= 0.3 is 0 Å². The van der Waals surface area contributed by atoms with Crippen LogP contribution >= 0.6 is 0 Å². The summed E-state index contributed by atoms with van der Waals surface area (Å²) in [5, 5.41) is 0. The summed E-state index contributed by atoms with van der Waals surface area (Å²) in [5.41, 5.74) is 9.29. The Morgan fingerprint density at radius 2 is 1.84 bits per heavy atom. The topological polar surface area (TPSA) is 35.2 Å². The second-order valence-electron chi connectivity index (χ2n) is 7.14. The molecule has 1 aromatic carbocycles. The Morgan fingerprint density at radius 3 is 2.37 bits per heavy atom. The summed E-state index contributed by atoms with van der Waals surface area (Å²) in [5.74, 6) is 0.946. The number of ether oxygens (including phenoxy) is 1. The van der Waals surface area contributed by atoms with E-state index < -0.39 is 0 Å². The predicted octanol–water partition coefficient (Wildman–Crippen LogP) is 4.01. The number of benzene rings is 1. The van der Waals surface area contributed by atoms with Gasteiger partial charge in [-0.2, -0.15) is 0 Å². The molecule has 106 valence electrons. The van der Waals surface area contributed by atoms with E-state index in [2.05, 4.69) is 39.0 Å². The molecule has 0 radical (unpaired) electrons. The second kappa shape index (κ2) is 5.16. The second-order valence-corrected chi connectivity index (χ2v) is 7.14.